The van der Waals surface area contributed by atoms with E-state index in [0.29, 0.717) is 4.75 Å². The normalized spacial score (nSPS) is 39.5. The molecule has 13 heavy (non-hydrogen) atoms. The van der Waals surface area contributed by atoms with Gasteiger partial charge in [0.25, 0.3) is 0 Å². The van der Waals surface area contributed by atoms with Gasteiger partial charge >= 0.3 is 0 Å². The van der Waals surface area contributed by atoms with Crippen LogP contribution in [0.15, 0.2) is 0 Å². The molecular formula is C11H21NS. The van der Waals surface area contributed by atoms with Gasteiger partial charge in [0.05, 0.1) is 0 Å². The van der Waals surface area contributed by atoms with E-state index in [9.17, 15) is 0 Å². The fourth-order valence-corrected chi connectivity index (χ4v) is 4.26. The maximum absolute atomic E-state index is 3.69. The largest absolute Gasteiger partial charge is 0.311 e. The molecule has 2 fully saturated rings. The number of nitrogens with one attached hydrogen (secondary N) is 1. The lowest BCUT2D eigenvalue weighted by atomic mass is 10.1. The van der Waals surface area contributed by atoms with E-state index in [4.69, 9.17) is 0 Å². The predicted molar refractivity (Wildman–Crippen MR) is 60.3 cm³/mol. The van der Waals surface area contributed by atoms with Gasteiger partial charge in [-0.2, -0.15) is 11.8 Å². The topological polar surface area (TPSA) is 12.0 Å². The van der Waals surface area contributed by atoms with Gasteiger partial charge in [0.2, 0.25) is 0 Å². The molecule has 0 aromatic carbocycles. The molecule has 2 rings (SSSR count). The molecule has 0 amide bonds. The van der Waals surface area contributed by atoms with E-state index in [-0.39, 0.29) is 0 Å². The van der Waals surface area contributed by atoms with Gasteiger partial charge in [0.1, 0.15) is 0 Å². The highest BCUT2D eigenvalue weighted by molar-refractivity contribution is 8.01. The first kappa shape index (κ1) is 9.85. The van der Waals surface area contributed by atoms with Crippen molar-refractivity contribution in [2.75, 3.05) is 0 Å². The number of fused-ring (bicyclic) bond motifs is 2. The molecule has 0 aromatic rings. The van der Waals surface area contributed by atoms with Crippen molar-refractivity contribution in [3.8, 4) is 0 Å². The standard InChI is InChI=1S/C11H21NS/c1-11(2,3)13-10-6-8-4-5-9(7-10)12-8/h8-10,12H,4-7H2,1-3H3/t8-,9-/m1/s1. The van der Waals surface area contributed by atoms with Gasteiger partial charge < -0.3 is 5.32 Å². The second-order valence-electron chi connectivity index (χ2n) is 5.46. The van der Waals surface area contributed by atoms with Gasteiger partial charge in [-0.3, -0.25) is 0 Å². The Morgan fingerprint density at radius 1 is 1.08 bits per heavy atom. The van der Waals surface area contributed by atoms with Crippen molar-refractivity contribution in [2.24, 2.45) is 0 Å². The van der Waals surface area contributed by atoms with Gasteiger partial charge in [0.15, 0.2) is 0 Å². The zero-order valence-corrected chi connectivity index (χ0v) is 9.79. The highest BCUT2D eigenvalue weighted by atomic mass is 32.2. The molecule has 1 nitrogen and oxygen atoms in total. The van der Waals surface area contributed by atoms with Gasteiger partial charge in [0, 0.05) is 22.1 Å². The van der Waals surface area contributed by atoms with Crippen molar-refractivity contribution in [1.82, 2.24) is 5.32 Å². The van der Waals surface area contributed by atoms with Crippen LogP contribution in [0.1, 0.15) is 46.5 Å². The summed E-state index contributed by atoms with van der Waals surface area (Å²) in [6, 6.07) is 1.69. The third-order valence-corrected chi connectivity index (χ3v) is 4.38. The Morgan fingerprint density at radius 2 is 1.62 bits per heavy atom. The first-order chi connectivity index (χ1) is 6.03. The van der Waals surface area contributed by atoms with Gasteiger partial charge in [-0.05, 0) is 25.7 Å². The molecule has 2 aliphatic rings. The molecule has 76 valence electrons. The van der Waals surface area contributed by atoms with E-state index in [0.717, 1.165) is 17.3 Å². The minimum absolute atomic E-state index is 0.446. The molecule has 0 saturated carbocycles. The van der Waals surface area contributed by atoms with Gasteiger partial charge in [-0.1, -0.05) is 20.8 Å². The Balaban J connectivity index is 1.88. The summed E-state index contributed by atoms with van der Waals surface area (Å²) in [7, 11) is 0. The quantitative estimate of drug-likeness (QED) is 0.697. The van der Waals surface area contributed by atoms with Gasteiger partial charge in [-0.15, -0.1) is 0 Å². The summed E-state index contributed by atoms with van der Waals surface area (Å²) in [5.41, 5.74) is 0. The van der Waals surface area contributed by atoms with E-state index >= 15 is 0 Å². The molecule has 2 atom stereocenters. The van der Waals surface area contributed by atoms with Crippen molar-refractivity contribution in [3.63, 3.8) is 0 Å². The van der Waals surface area contributed by atoms with Crippen LogP contribution in [0.25, 0.3) is 0 Å². The van der Waals surface area contributed by atoms with E-state index in [1.807, 2.05) is 0 Å². The first-order valence-corrected chi connectivity index (χ1v) is 6.35. The van der Waals surface area contributed by atoms with Crippen LogP contribution in [0.4, 0.5) is 0 Å². The van der Waals surface area contributed by atoms with Crippen LogP contribution in [0.5, 0.6) is 0 Å². The summed E-state index contributed by atoms with van der Waals surface area (Å²) in [6.07, 6.45) is 5.65. The second-order valence-corrected chi connectivity index (χ2v) is 7.59. The number of piperidine rings is 1. The van der Waals surface area contributed by atoms with E-state index < -0.39 is 0 Å². The number of hydrogen-bond acceptors (Lipinski definition) is 2. The maximum Gasteiger partial charge on any atom is 0.00819 e. The monoisotopic (exact) mass is 199 g/mol. The number of rotatable bonds is 1. The third kappa shape index (κ3) is 2.63. The highest BCUT2D eigenvalue weighted by Gasteiger charge is 2.35. The van der Waals surface area contributed by atoms with Crippen LogP contribution < -0.4 is 5.32 Å². The molecule has 2 heteroatoms. The zero-order chi connectivity index (χ0) is 9.47. The van der Waals surface area contributed by atoms with Crippen LogP contribution in [0.2, 0.25) is 0 Å². The Labute approximate surface area is 86.0 Å². The molecule has 1 N–H and O–H groups in total. The third-order valence-electron chi connectivity index (χ3n) is 2.95. The molecule has 2 aliphatic heterocycles. The Bertz CT molecular complexity index is 173. The summed E-state index contributed by atoms with van der Waals surface area (Å²) >= 11 is 2.19. The van der Waals surface area contributed by atoms with Crippen molar-refractivity contribution < 1.29 is 0 Å². The summed E-state index contributed by atoms with van der Waals surface area (Å²) in [5.74, 6) is 0. The summed E-state index contributed by atoms with van der Waals surface area (Å²) in [6.45, 7) is 7.00. The Morgan fingerprint density at radius 3 is 2.08 bits per heavy atom. The van der Waals surface area contributed by atoms with Crippen molar-refractivity contribution in [3.05, 3.63) is 0 Å². The maximum atomic E-state index is 3.69. The van der Waals surface area contributed by atoms with E-state index in [1.54, 1.807) is 0 Å². The van der Waals surface area contributed by atoms with E-state index in [1.165, 1.54) is 25.7 Å². The minimum atomic E-state index is 0.446. The summed E-state index contributed by atoms with van der Waals surface area (Å²) in [4.78, 5) is 0. The molecule has 2 saturated heterocycles. The van der Waals surface area contributed by atoms with Crippen LogP contribution in [0, 0.1) is 0 Å². The van der Waals surface area contributed by atoms with Crippen LogP contribution >= 0.6 is 11.8 Å². The molecular weight excluding hydrogens is 178 g/mol. The summed E-state index contributed by atoms with van der Waals surface area (Å²) < 4.78 is 0.446. The van der Waals surface area contributed by atoms with Crippen molar-refractivity contribution in [1.29, 1.82) is 0 Å². The Kier molecular flexibility index (Phi) is 2.63. The second kappa shape index (κ2) is 3.47. The minimum Gasteiger partial charge on any atom is -0.311 e. The lowest BCUT2D eigenvalue weighted by Crippen LogP contribution is -2.40. The highest BCUT2D eigenvalue weighted by Crippen LogP contribution is 2.38. The molecule has 0 aliphatic carbocycles. The Hall–Kier alpha value is 0.310. The summed E-state index contributed by atoms with van der Waals surface area (Å²) in [5, 5.41) is 4.61. The fraction of sp³-hybridized carbons (Fsp3) is 1.00. The molecule has 2 bridgehead atoms. The molecule has 0 spiro atoms. The van der Waals surface area contributed by atoms with Crippen molar-refractivity contribution >= 4 is 11.8 Å². The van der Waals surface area contributed by atoms with Gasteiger partial charge in [-0.25, -0.2) is 0 Å². The van der Waals surface area contributed by atoms with Crippen LogP contribution in [0.3, 0.4) is 0 Å². The lowest BCUT2D eigenvalue weighted by molar-refractivity contribution is 0.413. The number of hydrogen-bond donors (Lipinski definition) is 1. The molecule has 2 heterocycles. The average molecular weight is 199 g/mol. The number of thioether (sulfide) groups is 1. The molecule has 0 unspecified atom stereocenters. The molecule has 0 radical (unpaired) electrons. The van der Waals surface area contributed by atoms with Crippen LogP contribution in [-0.2, 0) is 0 Å². The smallest absolute Gasteiger partial charge is 0.00819 e. The zero-order valence-electron chi connectivity index (χ0n) is 8.97. The average Bonchev–Trinajstić information content (AvgIpc) is 2.27. The first-order valence-electron chi connectivity index (χ1n) is 5.47. The SMILES string of the molecule is CC(C)(C)SC1C[C@H]2CC[C@H](C1)N2. The van der Waals surface area contributed by atoms with E-state index in [2.05, 4.69) is 37.8 Å². The fourth-order valence-electron chi connectivity index (χ4n) is 2.60. The van der Waals surface area contributed by atoms with Crippen molar-refractivity contribution in [2.45, 2.75) is 68.5 Å². The van der Waals surface area contributed by atoms with Crippen LogP contribution in [-0.4, -0.2) is 22.1 Å². The molecule has 0 aromatic heterocycles. The lowest BCUT2D eigenvalue weighted by Gasteiger charge is -2.33. The predicted octanol–water partition coefficient (Wildman–Crippen LogP) is 2.80.